The summed E-state index contributed by atoms with van der Waals surface area (Å²) >= 11 is 0. The number of allylic oxidation sites excluding steroid dienone is 1. The van der Waals surface area contributed by atoms with Crippen LogP contribution in [0.25, 0.3) is 0 Å². The smallest absolute Gasteiger partial charge is 0.309 e. The first-order valence-corrected chi connectivity index (χ1v) is 6.37. The Balaban J connectivity index is 4.04. The monoisotopic (exact) mass is 266 g/mol. The van der Waals surface area contributed by atoms with Crippen LogP contribution in [0.5, 0.6) is 0 Å². The van der Waals surface area contributed by atoms with Gasteiger partial charge in [-0.1, -0.05) is 44.7 Å². The zero-order valence-corrected chi connectivity index (χ0v) is 12.7. The fourth-order valence-corrected chi connectivity index (χ4v) is 1.30. The SMILES string of the molecule is C=C(C)CC(=C)OCC(C)(C)COC(=O)CC(=C)C. The van der Waals surface area contributed by atoms with Crippen LogP contribution in [0.4, 0.5) is 0 Å². The first-order chi connectivity index (χ1) is 8.62. The first kappa shape index (κ1) is 17.5. The first-order valence-electron chi connectivity index (χ1n) is 6.37. The number of hydrogen-bond donors (Lipinski definition) is 0. The molecule has 0 unspecified atom stereocenters. The predicted molar refractivity (Wildman–Crippen MR) is 78.7 cm³/mol. The van der Waals surface area contributed by atoms with Gasteiger partial charge in [-0.25, -0.2) is 0 Å². The molecule has 0 aromatic heterocycles. The average molecular weight is 266 g/mol. The van der Waals surface area contributed by atoms with Crippen LogP contribution in [-0.2, 0) is 14.3 Å². The van der Waals surface area contributed by atoms with Crippen molar-refractivity contribution in [3.8, 4) is 0 Å². The summed E-state index contributed by atoms with van der Waals surface area (Å²) in [5, 5.41) is 0. The highest BCUT2D eigenvalue weighted by Gasteiger charge is 2.21. The Morgan fingerprint density at radius 3 is 1.89 bits per heavy atom. The lowest BCUT2D eigenvalue weighted by Gasteiger charge is -2.25. The van der Waals surface area contributed by atoms with Crippen LogP contribution in [0.2, 0.25) is 0 Å². The van der Waals surface area contributed by atoms with Gasteiger partial charge in [0.25, 0.3) is 0 Å². The number of carbonyl (C=O) groups excluding carboxylic acids is 1. The minimum Gasteiger partial charge on any atom is -0.498 e. The van der Waals surface area contributed by atoms with E-state index in [0.717, 1.165) is 11.1 Å². The average Bonchev–Trinajstić information content (AvgIpc) is 2.22. The zero-order chi connectivity index (χ0) is 15.1. The summed E-state index contributed by atoms with van der Waals surface area (Å²) in [6.07, 6.45) is 0.921. The summed E-state index contributed by atoms with van der Waals surface area (Å²) in [6.45, 7) is 19.8. The Kier molecular flexibility index (Phi) is 7.20. The Morgan fingerprint density at radius 1 is 0.947 bits per heavy atom. The highest BCUT2D eigenvalue weighted by molar-refractivity contribution is 5.72. The minimum atomic E-state index is -0.249. The summed E-state index contributed by atoms with van der Waals surface area (Å²) in [5.74, 6) is 0.440. The van der Waals surface area contributed by atoms with Crippen LogP contribution in [0.3, 0.4) is 0 Å². The Labute approximate surface area is 117 Å². The van der Waals surface area contributed by atoms with Crippen molar-refractivity contribution in [2.24, 2.45) is 5.41 Å². The van der Waals surface area contributed by atoms with Gasteiger partial charge in [0.1, 0.15) is 0 Å². The van der Waals surface area contributed by atoms with Crippen LogP contribution >= 0.6 is 0 Å². The molecule has 0 aliphatic carbocycles. The molecule has 0 aromatic rings. The van der Waals surface area contributed by atoms with Crippen molar-refractivity contribution in [2.75, 3.05) is 13.2 Å². The molecule has 0 atom stereocenters. The molecule has 3 nitrogen and oxygen atoms in total. The molecule has 0 spiro atoms. The second-order valence-corrected chi connectivity index (χ2v) is 5.92. The van der Waals surface area contributed by atoms with Crippen molar-refractivity contribution < 1.29 is 14.3 Å². The number of esters is 1. The van der Waals surface area contributed by atoms with Gasteiger partial charge in [-0.15, -0.1) is 0 Å². The van der Waals surface area contributed by atoms with E-state index in [1.54, 1.807) is 6.92 Å². The van der Waals surface area contributed by atoms with Gasteiger partial charge in [0, 0.05) is 11.8 Å². The van der Waals surface area contributed by atoms with Crippen LogP contribution in [0, 0.1) is 5.41 Å². The molecule has 0 aliphatic heterocycles. The molecule has 0 saturated carbocycles. The normalized spacial score (nSPS) is 10.7. The third-order valence-electron chi connectivity index (χ3n) is 2.24. The van der Waals surface area contributed by atoms with Gasteiger partial charge in [-0.2, -0.15) is 0 Å². The number of hydrogen-bond acceptors (Lipinski definition) is 3. The van der Waals surface area contributed by atoms with Crippen LogP contribution < -0.4 is 0 Å². The lowest BCUT2D eigenvalue weighted by Crippen LogP contribution is -2.27. The maximum absolute atomic E-state index is 11.4. The third kappa shape index (κ3) is 10.1. The van der Waals surface area contributed by atoms with E-state index in [4.69, 9.17) is 9.47 Å². The highest BCUT2D eigenvalue weighted by atomic mass is 16.5. The summed E-state index contributed by atoms with van der Waals surface area (Å²) in [6, 6.07) is 0. The lowest BCUT2D eigenvalue weighted by molar-refractivity contribution is -0.146. The van der Waals surface area contributed by atoms with E-state index in [0.29, 0.717) is 25.4 Å². The molecular formula is C16H26O3. The molecule has 0 N–H and O–H groups in total. The second-order valence-electron chi connectivity index (χ2n) is 5.92. The van der Waals surface area contributed by atoms with Crippen molar-refractivity contribution in [3.63, 3.8) is 0 Å². The molecule has 0 rings (SSSR count). The van der Waals surface area contributed by atoms with Crippen LogP contribution in [0.15, 0.2) is 36.6 Å². The topological polar surface area (TPSA) is 35.5 Å². The molecular weight excluding hydrogens is 240 g/mol. The largest absolute Gasteiger partial charge is 0.498 e. The van der Waals surface area contributed by atoms with Crippen molar-refractivity contribution >= 4 is 5.97 Å². The molecule has 0 bridgehead atoms. The van der Waals surface area contributed by atoms with E-state index in [-0.39, 0.29) is 17.8 Å². The molecule has 3 heteroatoms. The van der Waals surface area contributed by atoms with Crippen molar-refractivity contribution in [3.05, 3.63) is 36.6 Å². The molecule has 0 amide bonds. The minimum absolute atomic E-state index is 0.247. The third-order valence-corrected chi connectivity index (χ3v) is 2.24. The molecule has 0 aliphatic rings. The van der Waals surface area contributed by atoms with E-state index in [1.165, 1.54) is 0 Å². The summed E-state index contributed by atoms with van der Waals surface area (Å²) < 4.78 is 10.8. The van der Waals surface area contributed by atoms with Gasteiger partial charge in [0.05, 0.1) is 25.4 Å². The van der Waals surface area contributed by atoms with E-state index in [1.807, 2.05) is 20.8 Å². The molecule has 0 saturated heterocycles. The Morgan fingerprint density at radius 2 is 1.42 bits per heavy atom. The van der Waals surface area contributed by atoms with E-state index in [9.17, 15) is 4.79 Å². The molecule has 0 heterocycles. The van der Waals surface area contributed by atoms with Crippen molar-refractivity contribution in [2.45, 2.75) is 40.5 Å². The second kappa shape index (κ2) is 7.82. The molecule has 0 aromatic carbocycles. The maximum atomic E-state index is 11.4. The fourth-order valence-electron chi connectivity index (χ4n) is 1.30. The van der Waals surface area contributed by atoms with Crippen molar-refractivity contribution in [1.82, 2.24) is 0 Å². The number of ether oxygens (including phenoxy) is 2. The van der Waals surface area contributed by atoms with Gasteiger partial charge in [0.15, 0.2) is 0 Å². The summed E-state index contributed by atoms with van der Waals surface area (Å²) in [4.78, 5) is 11.4. The van der Waals surface area contributed by atoms with Crippen LogP contribution in [0.1, 0.15) is 40.5 Å². The maximum Gasteiger partial charge on any atom is 0.309 e. The van der Waals surface area contributed by atoms with Crippen molar-refractivity contribution in [1.29, 1.82) is 0 Å². The van der Waals surface area contributed by atoms with Gasteiger partial charge in [0.2, 0.25) is 0 Å². The number of rotatable bonds is 9. The quantitative estimate of drug-likeness (QED) is 0.359. The fraction of sp³-hybridized carbons (Fsp3) is 0.562. The lowest BCUT2D eigenvalue weighted by atomic mass is 9.96. The van der Waals surface area contributed by atoms with Gasteiger partial charge >= 0.3 is 5.97 Å². The molecule has 0 fully saturated rings. The van der Waals surface area contributed by atoms with E-state index in [2.05, 4.69) is 19.7 Å². The van der Waals surface area contributed by atoms with E-state index >= 15 is 0 Å². The highest BCUT2D eigenvalue weighted by Crippen LogP contribution is 2.19. The van der Waals surface area contributed by atoms with Crippen LogP contribution in [-0.4, -0.2) is 19.2 Å². The van der Waals surface area contributed by atoms with Gasteiger partial charge < -0.3 is 9.47 Å². The Hall–Kier alpha value is -1.51. The number of carbonyl (C=O) groups is 1. The summed E-state index contributed by atoms with van der Waals surface area (Å²) in [5.41, 5.74) is 1.56. The van der Waals surface area contributed by atoms with Gasteiger partial charge in [-0.3, -0.25) is 4.79 Å². The molecule has 108 valence electrons. The standard InChI is InChI=1S/C16H26O3/c1-12(2)8-14(5)18-10-16(6,7)11-19-15(17)9-13(3)4/h1,3,5,8-11H2,2,4,6-7H3. The molecule has 0 radical (unpaired) electrons. The van der Waals surface area contributed by atoms with E-state index < -0.39 is 0 Å². The molecule has 19 heavy (non-hydrogen) atoms. The summed E-state index contributed by atoms with van der Waals surface area (Å²) in [7, 11) is 0. The zero-order valence-electron chi connectivity index (χ0n) is 12.7. The van der Waals surface area contributed by atoms with Gasteiger partial charge in [-0.05, 0) is 13.8 Å². The Bertz CT molecular complexity index is 330. The predicted octanol–water partition coefficient (Wildman–Crippen LogP) is 4.02.